The lowest BCUT2D eigenvalue weighted by molar-refractivity contribution is 0.305. The molecule has 0 radical (unpaired) electrons. The number of aryl methyl sites for hydroxylation is 1. The van der Waals surface area contributed by atoms with Crippen molar-refractivity contribution in [2.75, 3.05) is 13.1 Å². The molecule has 0 amide bonds. The molecule has 0 saturated carbocycles. The molecule has 2 aromatic heterocycles. The van der Waals surface area contributed by atoms with Crippen LogP contribution in [0.4, 0.5) is 4.39 Å². The van der Waals surface area contributed by atoms with Crippen LogP contribution in [-0.2, 0) is 26.5 Å². The van der Waals surface area contributed by atoms with Crippen LogP contribution in [0.15, 0.2) is 65.6 Å². The molecular formula is C25H24FN3O2. The van der Waals surface area contributed by atoms with E-state index in [1.165, 1.54) is 34.8 Å². The molecule has 6 heteroatoms. The summed E-state index contributed by atoms with van der Waals surface area (Å²) in [6, 6.07) is 15.6. The van der Waals surface area contributed by atoms with Gasteiger partial charge in [0.1, 0.15) is 18.2 Å². The molecule has 2 aromatic carbocycles. The Kier molecular flexibility index (Phi) is 5.08. The number of aromatic nitrogens is 2. The summed E-state index contributed by atoms with van der Waals surface area (Å²) in [7, 11) is 2.10. The third kappa shape index (κ3) is 3.75. The van der Waals surface area contributed by atoms with E-state index < -0.39 is 0 Å². The van der Waals surface area contributed by atoms with Crippen molar-refractivity contribution >= 4 is 10.9 Å². The molecule has 0 atom stereocenters. The fraction of sp³-hybridized carbons (Fsp3) is 0.240. The Balaban J connectivity index is 1.42. The Morgan fingerprint density at radius 2 is 1.84 bits per heavy atom. The summed E-state index contributed by atoms with van der Waals surface area (Å²) < 4.78 is 22.6. The molecule has 158 valence electrons. The van der Waals surface area contributed by atoms with Crippen LogP contribution in [0.3, 0.4) is 0 Å². The van der Waals surface area contributed by atoms with E-state index in [-0.39, 0.29) is 18.0 Å². The van der Waals surface area contributed by atoms with Crippen molar-refractivity contribution in [2.24, 2.45) is 7.05 Å². The van der Waals surface area contributed by atoms with Gasteiger partial charge in [0, 0.05) is 43.4 Å². The molecule has 5 nitrogen and oxygen atoms in total. The van der Waals surface area contributed by atoms with Crippen molar-refractivity contribution in [1.29, 1.82) is 0 Å². The zero-order chi connectivity index (χ0) is 21.4. The first kappa shape index (κ1) is 19.6. The number of ether oxygens (including phenoxy) is 1. The molecule has 3 heterocycles. The lowest BCUT2D eigenvalue weighted by atomic mass is 10.1. The molecule has 0 saturated heterocycles. The molecule has 1 aliphatic heterocycles. The lowest BCUT2D eigenvalue weighted by Crippen LogP contribution is -2.17. The Morgan fingerprint density at radius 3 is 2.65 bits per heavy atom. The van der Waals surface area contributed by atoms with E-state index in [0.717, 1.165) is 42.7 Å². The Hall–Kier alpha value is -3.38. The fourth-order valence-corrected chi connectivity index (χ4v) is 4.36. The van der Waals surface area contributed by atoms with Gasteiger partial charge in [0.25, 0.3) is 5.56 Å². The van der Waals surface area contributed by atoms with E-state index in [1.54, 1.807) is 29.0 Å². The summed E-state index contributed by atoms with van der Waals surface area (Å²) in [6.07, 6.45) is 3.77. The average Bonchev–Trinajstić information content (AvgIpc) is 2.93. The zero-order valence-electron chi connectivity index (χ0n) is 17.4. The number of rotatable bonds is 4. The number of pyridine rings is 1. The third-order valence-electron chi connectivity index (χ3n) is 6.00. The van der Waals surface area contributed by atoms with Gasteiger partial charge in [0.15, 0.2) is 0 Å². The maximum Gasteiger partial charge on any atom is 0.258 e. The molecule has 0 bridgehead atoms. The largest absolute Gasteiger partial charge is 0.489 e. The highest BCUT2D eigenvalue weighted by molar-refractivity contribution is 5.87. The SMILES string of the molecule is Cn1c2c(c3ccc(-n4ccc(OCc5ccc(F)cc5)cc4=O)cc31)CCNCC2. The number of halogens is 1. The standard InChI is InChI=1S/C25H24FN3O2/c1-28-23-9-12-27-11-8-22(23)21-7-6-19(14-24(21)28)29-13-10-20(15-25(29)30)31-16-17-2-4-18(26)5-3-17/h2-7,10,13-15,27H,8-9,11-12,16H2,1H3. The predicted octanol–water partition coefficient (Wildman–Crippen LogP) is 3.74. The first-order chi connectivity index (χ1) is 15.1. The molecule has 0 unspecified atom stereocenters. The molecule has 1 N–H and O–H groups in total. The monoisotopic (exact) mass is 417 g/mol. The van der Waals surface area contributed by atoms with Crippen LogP contribution in [0.1, 0.15) is 16.8 Å². The first-order valence-corrected chi connectivity index (χ1v) is 10.5. The summed E-state index contributed by atoms with van der Waals surface area (Å²) in [5.41, 5.74) is 5.44. The summed E-state index contributed by atoms with van der Waals surface area (Å²) in [4.78, 5) is 12.8. The van der Waals surface area contributed by atoms with Gasteiger partial charge in [0.05, 0.1) is 11.2 Å². The van der Waals surface area contributed by atoms with E-state index >= 15 is 0 Å². The van der Waals surface area contributed by atoms with Gasteiger partial charge in [0.2, 0.25) is 0 Å². The van der Waals surface area contributed by atoms with Crippen LogP contribution >= 0.6 is 0 Å². The van der Waals surface area contributed by atoms with Crippen molar-refractivity contribution in [2.45, 2.75) is 19.4 Å². The highest BCUT2D eigenvalue weighted by Crippen LogP contribution is 2.29. The van der Waals surface area contributed by atoms with E-state index in [4.69, 9.17) is 4.74 Å². The number of benzene rings is 2. The third-order valence-corrected chi connectivity index (χ3v) is 6.00. The maximum absolute atomic E-state index is 13.0. The van der Waals surface area contributed by atoms with Crippen molar-refractivity contribution in [1.82, 2.24) is 14.5 Å². The van der Waals surface area contributed by atoms with Crippen LogP contribution in [0.25, 0.3) is 16.6 Å². The summed E-state index contributed by atoms with van der Waals surface area (Å²) >= 11 is 0. The molecule has 0 fully saturated rings. The normalized spacial score (nSPS) is 13.7. The second kappa shape index (κ2) is 8.04. The van der Waals surface area contributed by atoms with Gasteiger partial charge in [-0.3, -0.25) is 9.36 Å². The number of hydrogen-bond donors (Lipinski definition) is 1. The van der Waals surface area contributed by atoms with Gasteiger partial charge in [-0.2, -0.15) is 0 Å². The smallest absolute Gasteiger partial charge is 0.258 e. The number of nitrogens with zero attached hydrogens (tertiary/aromatic N) is 2. The van der Waals surface area contributed by atoms with Crippen LogP contribution in [0.2, 0.25) is 0 Å². The Bertz CT molecular complexity index is 1310. The van der Waals surface area contributed by atoms with E-state index in [2.05, 4.69) is 29.1 Å². The topological polar surface area (TPSA) is 48.2 Å². The minimum atomic E-state index is -0.283. The minimum absolute atomic E-state index is 0.157. The quantitative estimate of drug-likeness (QED) is 0.550. The second-order valence-corrected chi connectivity index (χ2v) is 7.92. The van der Waals surface area contributed by atoms with Crippen molar-refractivity contribution < 1.29 is 9.13 Å². The van der Waals surface area contributed by atoms with Crippen LogP contribution in [-0.4, -0.2) is 22.2 Å². The van der Waals surface area contributed by atoms with Gasteiger partial charge in [-0.25, -0.2) is 4.39 Å². The van der Waals surface area contributed by atoms with E-state index in [0.29, 0.717) is 5.75 Å². The maximum atomic E-state index is 13.0. The van der Waals surface area contributed by atoms with Gasteiger partial charge in [-0.05, 0) is 54.4 Å². The lowest BCUT2D eigenvalue weighted by Gasteiger charge is -2.10. The molecule has 0 aliphatic carbocycles. The van der Waals surface area contributed by atoms with Crippen LogP contribution < -0.4 is 15.6 Å². The first-order valence-electron chi connectivity index (χ1n) is 10.5. The Labute approximate surface area is 179 Å². The fourth-order valence-electron chi connectivity index (χ4n) is 4.36. The molecule has 31 heavy (non-hydrogen) atoms. The molecule has 1 aliphatic rings. The number of fused-ring (bicyclic) bond motifs is 3. The van der Waals surface area contributed by atoms with Gasteiger partial charge >= 0.3 is 0 Å². The van der Waals surface area contributed by atoms with Crippen molar-refractivity contribution in [3.8, 4) is 11.4 Å². The average molecular weight is 417 g/mol. The second-order valence-electron chi connectivity index (χ2n) is 7.92. The van der Waals surface area contributed by atoms with Gasteiger partial charge < -0.3 is 14.6 Å². The van der Waals surface area contributed by atoms with Gasteiger partial charge in [-0.1, -0.05) is 18.2 Å². The van der Waals surface area contributed by atoms with E-state index in [1.807, 2.05) is 6.07 Å². The predicted molar refractivity (Wildman–Crippen MR) is 120 cm³/mol. The van der Waals surface area contributed by atoms with Crippen molar-refractivity contribution in [3.63, 3.8) is 0 Å². The highest BCUT2D eigenvalue weighted by atomic mass is 19.1. The molecule has 4 aromatic rings. The summed E-state index contributed by atoms with van der Waals surface area (Å²) in [6.45, 7) is 2.26. The van der Waals surface area contributed by atoms with E-state index in [9.17, 15) is 9.18 Å². The highest BCUT2D eigenvalue weighted by Gasteiger charge is 2.17. The summed E-state index contributed by atoms with van der Waals surface area (Å²) in [5.74, 6) is 0.208. The number of hydrogen-bond acceptors (Lipinski definition) is 3. The van der Waals surface area contributed by atoms with Crippen LogP contribution in [0, 0.1) is 5.82 Å². The molecule has 5 rings (SSSR count). The molecule has 0 spiro atoms. The minimum Gasteiger partial charge on any atom is -0.489 e. The number of nitrogens with one attached hydrogen (secondary N) is 1. The molecular weight excluding hydrogens is 393 g/mol. The van der Waals surface area contributed by atoms with Crippen molar-refractivity contribution in [3.05, 3.63) is 93.8 Å². The Morgan fingerprint density at radius 1 is 1.03 bits per heavy atom. The van der Waals surface area contributed by atoms with Gasteiger partial charge in [-0.15, -0.1) is 0 Å². The zero-order valence-corrected chi connectivity index (χ0v) is 17.4. The van der Waals surface area contributed by atoms with Crippen LogP contribution in [0.5, 0.6) is 5.75 Å². The summed E-state index contributed by atoms with van der Waals surface area (Å²) in [5, 5.41) is 4.72.